The van der Waals surface area contributed by atoms with Crippen LogP contribution >= 0.6 is 11.8 Å². The largest absolute Gasteiger partial charge is 0.573 e. The number of thioether (sulfide) groups is 1. The number of nitrogens with zero attached hydrogens (tertiary/aromatic N) is 5. The van der Waals surface area contributed by atoms with E-state index in [4.69, 9.17) is 0 Å². The third-order valence-electron chi connectivity index (χ3n) is 5.24. The Morgan fingerprint density at radius 2 is 1.76 bits per heavy atom. The molecule has 1 fully saturated rings. The van der Waals surface area contributed by atoms with Crippen molar-refractivity contribution in [3.63, 3.8) is 0 Å². The Bertz CT molecular complexity index is 1380. The summed E-state index contributed by atoms with van der Waals surface area (Å²) < 4.78 is 40.7. The molecule has 196 valence electrons. The van der Waals surface area contributed by atoms with Gasteiger partial charge in [-0.2, -0.15) is 5.10 Å². The molecule has 8 nitrogen and oxygen atoms in total. The van der Waals surface area contributed by atoms with E-state index in [-0.39, 0.29) is 17.6 Å². The number of ether oxygens (including phenoxy) is 1. The van der Waals surface area contributed by atoms with Crippen molar-refractivity contribution >= 4 is 52.5 Å². The lowest BCUT2D eigenvalue weighted by Crippen LogP contribution is -2.30. The second-order valence-electron chi connectivity index (χ2n) is 8.31. The zero-order valence-corrected chi connectivity index (χ0v) is 21.5. The third kappa shape index (κ3) is 6.97. The van der Waals surface area contributed by atoms with Gasteiger partial charge in [0.25, 0.3) is 0 Å². The first-order valence-electron chi connectivity index (χ1n) is 11.4. The summed E-state index contributed by atoms with van der Waals surface area (Å²) in [6, 6.07) is 11.1. The molecular formula is C26H23F3N6O2S. The maximum atomic E-state index is 12.5. The number of carbonyl (C=O) groups excluding carboxylic acids is 1. The molecule has 1 aliphatic heterocycles. The number of carbonyl (C=O) groups is 1. The normalized spacial score (nSPS) is 15.5. The maximum Gasteiger partial charge on any atom is 0.573 e. The SMILES string of the molecule is CC(C=N/N=C1\SCC(=O)N1c1c(C)cccc1C)=Cc1cnc(Nc2ccc(OC(F)(F)F)cc2)nc1. The number of para-hydroxylation sites is 1. The summed E-state index contributed by atoms with van der Waals surface area (Å²) in [5.41, 5.74) is 4.80. The molecular weight excluding hydrogens is 517 g/mol. The summed E-state index contributed by atoms with van der Waals surface area (Å²) in [5, 5.41) is 11.9. The zero-order chi connectivity index (χ0) is 27.3. The second-order valence-corrected chi connectivity index (χ2v) is 9.25. The quantitative estimate of drug-likeness (QED) is 0.281. The van der Waals surface area contributed by atoms with Gasteiger partial charge in [-0.1, -0.05) is 30.0 Å². The fourth-order valence-electron chi connectivity index (χ4n) is 3.63. The minimum absolute atomic E-state index is 0.0370. The number of hydrogen-bond donors (Lipinski definition) is 1. The van der Waals surface area contributed by atoms with Crippen molar-refractivity contribution in [3.05, 3.63) is 77.1 Å². The lowest BCUT2D eigenvalue weighted by atomic mass is 10.1. The Morgan fingerprint density at radius 3 is 2.39 bits per heavy atom. The first kappa shape index (κ1) is 26.9. The Balaban J connectivity index is 1.39. The second kappa shape index (κ2) is 11.5. The number of anilines is 3. The number of amidine groups is 1. The fraction of sp³-hybridized carbons (Fsp3) is 0.192. The predicted octanol–water partition coefficient (Wildman–Crippen LogP) is 6.26. The molecule has 0 atom stereocenters. The first-order chi connectivity index (χ1) is 18.1. The first-order valence-corrected chi connectivity index (χ1v) is 12.3. The van der Waals surface area contributed by atoms with Gasteiger partial charge < -0.3 is 10.1 Å². The highest BCUT2D eigenvalue weighted by molar-refractivity contribution is 8.15. The number of amides is 1. The van der Waals surface area contributed by atoms with Gasteiger partial charge in [-0.15, -0.1) is 18.3 Å². The average Bonchev–Trinajstić information content (AvgIpc) is 3.20. The lowest BCUT2D eigenvalue weighted by molar-refractivity contribution is -0.274. The standard InChI is InChI=1S/C26H23F3N6O2S/c1-16(12-32-34-25-35(22(36)15-38-25)23-17(2)5-4-6-18(23)3)11-19-13-30-24(31-14-19)33-20-7-9-21(10-8-20)37-26(27,28)29/h4-14H,15H2,1-3H3,(H,30,31,33)/b16-11?,32-12?,34-25-. The highest BCUT2D eigenvalue weighted by Crippen LogP contribution is 2.32. The fourth-order valence-corrected chi connectivity index (χ4v) is 4.44. The molecule has 0 saturated carbocycles. The van der Waals surface area contributed by atoms with E-state index in [1.807, 2.05) is 45.0 Å². The number of aromatic nitrogens is 2. The van der Waals surface area contributed by atoms with Crippen LogP contribution in [0.4, 0.5) is 30.5 Å². The van der Waals surface area contributed by atoms with Crippen molar-refractivity contribution < 1.29 is 22.7 Å². The van der Waals surface area contributed by atoms with Crippen LogP contribution in [0, 0.1) is 13.8 Å². The number of rotatable bonds is 7. The summed E-state index contributed by atoms with van der Waals surface area (Å²) in [5.74, 6) is 0.229. The van der Waals surface area contributed by atoms with E-state index < -0.39 is 6.36 Å². The van der Waals surface area contributed by atoms with Crippen molar-refractivity contribution in [3.8, 4) is 5.75 Å². The summed E-state index contributed by atoms with van der Waals surface area (Å²) >= 11 is 1.34. The van der Waals surface area contributed by atoms with Crippen molar-refractivity contribution in [1.82, 2.24) is 9.97 Å². The summed E-state index contributed by atoms with van der Waals surface area (Å²) in [6.45, 7) is 5.76. The summed E-state index contributed by atoms with van der Waals surface area (Å²) in [7, 11) is 0. The lowest BCUT2D eigenvalue weighted by Gasteiger charge is -2.20. The topological polar surface area (TPSA) is 92.1 Å². The van der Waals surface area contributed by atoms with Gasteiger partial charge in [0.05, 0.1) is 17.7 Å². The number of aryl methyl sites for hydroxylation is 2. The molecule has 12 heteroatoms. The predicted molar refractivity (Wildman–Crippen MR) is 144 cm³/mol. The van der Waals surface area contributed by atoms with E-state index >= 15 is 0 Å². The van der Waals surface area contributed by atoms with Crippen LogP contribution in [0.5, 0.6) is 5.75 Å². The highest BCUT2D eigenvalue weighted by Gasteiger charge is 2.32. The van der Waals surface area contributed by atoms with E-state index in [2.05, 4.69) is 30.2 Å². The van der Waals surface area contributed by atoms with E-state index in [1.165, 1.54) is 36.0 Å². The van der Waals surface area contributed by atoms with Gasteiger partial charge >= 0.3 is 6.36 Å². The molecule has 1 N–H and O–H groups in total. The van der Waals surface area contributed by atoms with Crippen molar-refractivity contribution in [2.24, 2.45) is 10.2 Å². The third-order valence-corrected chi connectivity index (χ3v) is 6.16. The molecule has 0 spiro atoms. The van der Waals surface area contributed by atoms with Crippen LogP contribution in [0.15, 0.2) is 70.6 Å². The van der Waals surface area contributed by atoms with Crippen molar-refractivity contribution in [2.75, 3.05) is 16.0 Å². The number of nitrogens with one attached hydrogen (secondary N) is 1. The Kier molecular flexibility index (Phi) is 8.10. The molecule has 0 aliphatic carbocycles. The molecule has 0 radical (unpaired) electrons. The number of allylic oxidation sites excluding steroid dienone is 1. The van der Waals surface area contributed by atoms with Gasteiger partial charge in [-0.05, 0) is 67.8 Å². The monoisotopic (exact) mass is 540 g/mol. The number of benzene rings is 2. The van der Waals surface area contributed by atoms with Gasteiger partial charge in [0.1, 0.15) is 5.75 Å². The van der Waals surface area contributed by atoms with Crippen molar-refractivity contribution in [2.45, 2.75) is 27.1 Å². The number of hydrogen-bond acceptors (Lipinski definition) is 8. The average molecular weight is 541 g/mol. The zero-order valence-electron chi connectivity index (χ0n) is 20.7. The summed E-state index contributed by atoms with van der Waals surface area (Å²) in [6.07, 6.45) is 1.83. The van der Waals surface area contributed by atoms with E-state index in [9.17, 15) is 18.0 Å². The highest BCUT2D eigenvalue weighted by atomic mass is 32.2. The van der Waals surface area contributed by atoms with Gasteiger partial charge in [-0.25, -0.2) is 9.97 Å². The maximum absolute atomic E-state index is 12.5. The van der Waals surface area contributed by atoms with Crippen LogP contribution < -0.4 is 15.0 Å². The Hall–Kier alpha value is -4.19. The molecule has 2 aromatic carbocycles. The summed E-state index contributed by atoms with van der Waals surface area (Å²) in [4.78, 5) is 22.6. The minimum Gasteiger partial charge on any atom is -0.406 e. The molecule has 3 aromatic rings. The van der Waals surface area contributed by atoms with E-state index in [1.54, 1.807) is 23.5 Å². The van der Waals surface area contributed by atoms with Crippen LogP contribution in [-0.2, 0) is 4.79 Å². The molecule has 4 rings (SSSR count). The molecule has 2 heterocycles. The van der Waals surface area contributed by atoms with Gasteiger partial charge in [0.2, 0.25) is 11.9 Å². The van der Waals surface area contributed by atoms with Gasteiger partial charge in [-0.3, -0.25) is 9.69 Å². The number of halogens is 3. The molecule has 1 saturated heterocycles. The molecule has 1 aromatic heterocycles. The molecule has 0 bridgehead atoms. The van der Waals surface area contributed by atoms with E-state index in [0.29, 0.717) is 22.2 Å². The Labute approximate surface area is 221 Å². The van der Waals surface area contributed by atoms with Crippen LogP contribution in [-0.4, -0.2) is 39.4 Å². The molecule has 1 amide bonds. The molecule has 1 aliphatic rings. The molecule has 38 heavy (non-hydrogen) atoms. The molecule has 0 unspecified atom stereocenters. The van der Waals surface area contributed by atoms with Crippen LogP contribution in [0.3, 0.4) is 0 Å². The van der Waals surface area contributed by atoms with E-state index in [0.717, 1.165) is 22.4 Å². The Morgan fingerprint density at radius 1 is 1.11 bits per heavy atom. The van der Waals surface area contributed by atoms with Gasteiger partial charge in [0, 0.05) is 23.6 Å². The van der Waals surface area contributed by atoms with Crippen molar-refractivity contribution in [1.29, 1.82) is 0 Å². The van der Waals surface area contributed by atoms with Crippen LogP contribution in [0.1, 0.15) is 23.6 Å². The smallest absolute Gasteiger partial charge is 0.406 e. The minimum atomic E-state index is -4.74. The van der Waals surface area contributed by atoms with Crippen LogP contribution in [0.2, 0.25) is 0 Å². The number of alkyl halides is 3. The van der Waals surface area contributed by atoms with Crippen LogP contribution in [0.25, 0.3) is 6.08 Å². The van der Waals surface area contributed by atoms with Gasteiger partial charge in [0.15, 0.2) is 5.17 Å².